The zero-order valence-corrected chi connectivity index (χ0v) is 23.6. The van der Waals surface area contributed by atoms with E-state index in [-0.39, 0.29) is 34.7 Å². The lowest BCUT2D eigenvalue weighted by Crippen LogP contribution is -2.30. The monoisotopic (exact) mass is 579 g/mol. The molecule has 1 saturated heterocycles. The Labute approximate surface area is 231 Å². The van der Waals surface area contributed by atoms with Gasteiger partial charge in [0.25, 0.3) is 0 Å². The van der Waals surface area contributed by atoms with Gasteiger partial charge in [0.2, 0.25) is 11.8 Å². The van der Waals surface area contributed by atoms with Crippen molar-refractivity contribution in [3.8, 4) is 17.4 Å². The lowest BCUT2D eigenvalue weighted by atomic mass is 9.93. The summed E-state index contributed by atoms with van der Waals surface area (Å²) in [5, 5.41) is 8.18. The maximum absolute atomic E-state index is 13.8. The highest BCUT2D eigenvalue weighted by molar-refractivity contribution is 7.91. The maximum atomic E-state index is 13.8. The molecule has 210 valence electrons. The Hall–Kier alpha value is -2.94. The van der Waals surface area contributed by atoms with Crippen molar-refractivity contribution in [1.29, 1.82) is 0 Å². The van der Waals surface area contributed by atoms with Crippen molar-refractivity contribution >= 4 is 21.4 Å². The van der Waals surface area contributed by atoms with Crippen molar-refractivity contribution in [3.05, 3.63) is 41.2 Å². The second-order valence-electron chi connectivity index (χ2n) is 9.71. The number of methoxy groups -OCH3 is 3. The normalized spacial score (nSPS) is 20.0. The largest absolute Gasteiger partial charge is 0.479 e. The molecule has 0 unspecified atom stereocenters. The minimum absolute atomic E-state index is 0.0373. The third-order valence-electron chi connectivity index (χ3n) is 7.58. The summed E-state index contributed by atoms with van der Waals surface area (Å²) < 4.78 is 51.4. The molecule has 3 aromatic heterocycles. The molecule has 1 aliphatic carbocycles. The minimum Gasteiger partial charge on any atom is -0.479 e. The van der Waals surface area contributed by atoms with E-state index in [1.54, 1.807) is 11.5 Å². The molecule has 0 aromatic carbocycles. The van der Waals surface area contributed by atoms with E-state index >= 15 is 0 Å². The molecule has 1 aliphatic heterocycles. The average molecular weight is 580 g/mol. The van der Waals surface area contributed by atoms with E-state index in [1.807, 2.05) is 0 Å². The van der Waals surface area contributed by atoms with Crippen LogP contribution in [0.2, 0.25) is 5.02 Å². The van der Waals surface area contributed by atoms with Crippen LogP contribution < -0.4 is 9.47 Å². The van der Waals surface area contributed by atoms with E-state index < -0.39 is 26.9 Å². The first-order chi connectivity index (χ1) is 18.7. The van der Waals surface area contributed by atoms with E-state index in [9.17, 15) is 8.42 Å². The molecule has 0 N–H and O–H groups in total. The van der Waals surface area contributed by atoms with E-state index in [4.69, 9.17) is 30.5 Å². The number of hydrogen-bond donors (Lipinski definition) is 0. The smallest absolute Gasteiger partial charge is 0.245 e. The van der Waals surface area contributed by atoms with E-state index in [1.165, 1.54) is 40.1 Å². The summed E-state index contributed by atoms with van der Waals surface area (Å²) in [6.07, 6.45) is 5.87. The van der Waals surface area contributed by atoms with Gasteiger partial charge in [0.15, 0.2) is 27.2 Å². The third-order valence-corrected chi connectivity index (χ3v) is 9.82. The summed E-state index contributed by atoms with van der Waals surface area (Å²) in [7, 11) is 0.473. The molecule has 0 bridgehead atoms. The highest BCUT2D eigenvalue weighted by Gasteiger charge is 2.57. The van der Waals surface area contributed by atoms with E-state index in [0.717, 1.165) is 19.3 Å². The maximum Gasteiger partial charge on any atom is 0.245 e. The van der Waals surface area contributed by atoms with Gasteiger partial charge in [-0.05, 0) is 31.6 Å². The van der Waals surface area contributed by atoms with Crippen molar-refractivity contribution in [2.24, 2.45) is 5.41 Å². The van der Waals surface area contributed by atoms with Crippen LogP contribution in [-0.2, 0) is 25.1 Å². The Bertz CT molecular complexity index is 1410. The molecule has 4 heterocycles. The van der Waals surface area contributed by atoms with Crippen LogP contribution in [0.15, 0.2) is 18.7 Å². The molecule has 2 fully saturated rings. The number of aromatic nitrogens is 7. The lowest BCUT2D eigenvalue weighted by Gasteiger charge is -2.23. The number of nitrogens with zero attached hydrogens (tertiary/aromatic N) is 7. The van der Waals surface area contributed by atoms with Crippen molar-refractivity contribution in [3.63, 3.8) is 0 Å². The van der Waals surface area contributed by atoms with Crippen molar-refractivity contribution < 1.29 is 27.4 Å². The molecule has 0 amide bonds. The van der Waals surface area contributed by atoms with Crippen LogP contribution in [0.5, 0.6) is 11.8 Å². The van der Waals surface area contributed by atoms with Crippen LogP contribution in [0.1, 0.15) is 55.7 Å². The SMILES string of the molecule is COc1ncnc(OC)c1-n1c(CS(=O)(=O)[C@@H](C)[C@H](OC)c2ncc(Cl)cn2)nnc1[C@H]1CC12CCOCC2. The summed E-state index contributed by atoms with van der Waals surface area (Å²) >= 11 is 5.91. The summed E-state index contributed by atoms with van der Waals surface area (Å²) in [5.41, 5.74) is 0.383. The van der Waals surface area contributed by atoms with Crippen LogP contribution in [0, 0.1) is 5.41 Å². The highest BCUT2D eigenvalue weighted by atomic mass is 35.5. The first-order valence-corrected chi connectivity index (χ1v) is 14.5. The number of halogens is 1. The highest BCUT2D eigenvalue weighted by Crippen LogP contribution is 2.64. The zero-order valence-electron chi connectivity index (χ0n) is 22.1. The van der Waals surface area contributed by atoms with E-state index in [0.29, 0.717) is 29.7 Å². The lowest BCUT2D eigenvalue weighted by molar-refractivity contribution is 0.0553. The van der Waals surface area contributed by atoms with Crippen molar-refractivity contribution in [1.82, 2.24) is 34.7 Å². The molecule has 13 nitrogen and oxygen atoms in total. The van der Waals surface area contributed by atoms with Gasteiger partial charge in [0.1, 0.15) is 24.0 Å². The fourth-order valence-corrected chi connectivity index (χ4v) is 6.77. The third kappa shape index (κ3) is 5.17. The Morgan fingerprint density at radius 1 is 1.08 bits per heavy atom. The Kier molecular flexibility index (Phi) is 7.73. The molecule has 3 aromatic rings. The van der Waals surface area contributed by atoms with Gasteiger partial charge in [-0.3, -0.25) is 4.57 Å². The van der Waals surface area contributed by atoms with Gasteiger partial charge in [0.05, 0.1) is 24.5 Å². The summed E-state index contributed by atoms with van der Waals surface area (Å²) in [6.45, 7) is 2.90. The van der Waals surface area contributed by atoms with Gasteiger partial charge >= 0.3 is 0 Å². The second-order valence-corrected chi connectivity index (χ2v) is 12.5. The predicted octanol–water partition coefficient (Wildman–Crippen LogP) is 2.49. The van der Waals surface area contributed by atoms with Gasteiger partial charge in [0, 0.05) is 38.6 Å². The van der Waals surface area contributed by atoms with Crippen LogP contribution in [0.4, 0.5) is 0 Å². The van der Waals surface area contributed by atoms with Gasteiger partial charge in [-0.1, -0.05) is 11.6 Å². The number of hydrogen-bond acceptors (Lipinski definition) is 12. The number of rotatable bonds is 10. The number of sulfone groups is 1. The second kappa shape index (κ2) is 10.9. The summed E-state index contributed by atoms with van der Waals surface area (Å²) in [4.78, 5) is 16.8. The van der Waals surface area contributed by atoms with Gasteiger partial charge in [-0.15, -0.1) is 10.2 Å². The molecule has 1 saturated carbocycles. The average Bonchev–Trinajstić information content (AvgIpc) is 3.47. The summed E-state index contributed by atoms with van der Waals surface area (Å²) in [5.74, 6) is 1.04. The number of ether oxygens (including phenoxy) is 4. The standard InChI is InChI=1S/C24H30ClN7O6S/c1-14(19(35-2)20-26-10-15(25)11-27-20)39(33,34)12-17-30-31-21(16-9-24(16)5-7-38-8-6-24)32(17)18-22(36-3)28-13-29-23(18)37-4/h10-11,13-14,16,19H,5-9,12H2,1-4H3/t14-,16+,19-/m0/s1. The van der Waals surface area contributed by atoms with Crippen LogP contribution in [0.3, 0.4) is 0 Å². The van der Waals surface area contributed by atoms with Crippen LogP contribution in [-0.4, -0.2) is 82.9 Å². The van der Waals surface area contributed by atoms with Gasteiger partial charge in [-0.25, -0.2) is 18.4 Å². The molecular weight excluding hydrogens is 550 g/mol. The van der Waals surface area contributed by atoms with Crippen LogP contribution in [0.25, 0.3) is 5.69 Å². The predicted molar refractivity (Wildman–Crippen MR) is 139 cm³/mol. The zero-order chi connectivity index (χ0) is 27.8. The minimum atomic E-state index is -3.88. The topological polar surface area (TPSA) is 153 Å². The molecule has 5 rings (SSSR count). The first kappa shape index (κ1) is 27.6. The first-order valence-electron chi connectivity index (χ1n) is 12.4. The summed E-state index contributed by atoms with van der Waals surface area (Å²) in [6, 6.07) is 0. The Morgan fingerprint density at radius 2 is 1.72 bits per heavy atom. The molecule has 39 heavy (non-hydrogen) atoms. The fourth-order valence-electron chi connectivity index (χ4n) is 5.25. The molecule has 0 radical (unpaired) electrons. The van der Waals surface area contributed by atoms with Gasteiger partial charge in [-0.2, -0.15) is 9.97 Å². The quantitative estimate of drug-likeness (QED) is 0.346. The van der Waals surface area contributed by atoms with Crippen LogP contribution >= 0.6 is 11.6 Å². The Morgan fingerprint density at radius 3 is 2.31 bits per heavy atom. The molecule has 2 aliphatic rings. The Balaban J connectivity index is 1.56. The van der Waals surface area contributed by atoms with E-state index in [2.05, 4.69) is 30.1 Å². The van der Waals surface area contributed by atoms with Crippen molar-refractivity contribution in [2.75, 3.05) is 34.5 Å². The van der Waals surface area contributed by atoms with Gasteiger partial charge < -0.3 is 18.9 Å². The van der Waals surface area contributed by atoms with Crippen molar-refractivity contribution in [2.45, 2.75) is 49.2 Å². The molecule has 3 atom stereocenters. The molecule has 15 heteroatoms. The fraction of sp³-hybridized carbons (Fsp3) is 0.583. The molecule has 1 spiro atoms. The molecular formula is C24H30ClN7O6S.